The van der Waals surface area contributed by atoms with Gasteiger partial charge in [-0.15, -0.1) is 0 Å². The van der Waals surface area contributed by atoms with Crippen molar-refractivity contribution in [3.63, 3.8) is 0 Å². The van der Waals surface area contributed by atoms with Crippen LogP contribution in [0.3, 0.4) is 0 Å². The number of thiazole rings is 1. The van der Waals surface area contributed by atoms with Gasteiger partial charge in [-0.2, -0.15) is 0 Å². The number of rotatable bonds is 6. The summed E-state index contributed by atoms with van der Waals surface area (Å²) in [6.07, 6.45) is 0.340. The lowest BCUT2D eigenvalue weighted by atomic mass is 9.85. The maximum Gasteiger partial charge on any atom is 0.307 e. The Labute approximate surface area is 127 Å². The van der Waals surface area contributed by atoms with Crippen molar-refractivity contribution in [2.75, 3.05) is 6.54 Å². The highest BCUT2D eigenvalue weighted by molar-refractivity contribution is 7.91. The van der Waals surface area contributed by atoms with Gasteiger partial charge in [-0.3, -0.25) is 9.59 Å². The molecular weight excluding hydrogens is 316 g/mol. The van der Waals surface area contributed by atoms with Crippen LogP contribution in [0.15, 0.2) is 9.00 Å². The Kier molecular flexibility index (Phi) is 5.35. The molecule has 1 heterocycles. The van der Waals surface area contributed by atoms with Crippen LogP contribution in [0.2, 0.25) is 0 Å². The first-order valence-electron chi connectivity index (χ1n) is 6.34. The molecule has 1 unspecified atom stereocenters. The number of aryl methyl sites for hydroxylation is 1. The van der Waals surface area contributed by atoms with Gasteiger partial charge >= 0.3 is 10.8 Å². The lowest BCUT2D eigenvalue weighted by molar-refractivity contribution is -0.142. The standard InChI is InChI=1S/C12H20N2O5S2/c1-7-10(20-11(17)14-7)21(18,19)13-6-8(9(15)16)5-12(2,3)4/h8,13H,5-6H2,1-4H3,(H,14,17)(H,15,16). The van der Waals surface area contributed by atoms with E-state index in [0.29, 0.717) is 17.8 Å². The first-order valence-corrected chi connectivity index (χ1v) is 8.64. The van der Waals surface area contributed by atoms with Crippen molar-refractivity contribution in [2.24, 2.45) is 11.3 Å². The van der Waals surface area contributed by atoms with Gasteiger partial charge in [0.05, 0.1) is 5.92 Å². The molecule has 0 spiro atoms. The van der Waals surface area contributed by atoms with Crippen molar-refractivity contribution in [3.05, 3.63) is 15.4 Å². The second-order valence-electron chi connectivity index (χ2n) is 6.08. The number of hydrogen-bond acceptors (Lipinski definition) is 5. The van der Waals surface area contributed by atoms with Gasteiger partial charge in [-0.25, -0.2) is 13.1 Å². The minimum atomic E-state index is -3.88. The normalized spacial score (nSPS) is 14.1. The second-order valence-corrected chi connectivity index (χ2v) is 9.02. The van der Waals surface area contributed by atoms with E-state index in [2.05, 4.69) is 9.71 Å². The summed E-state index contributed by atoms with van der Waals surface area (Å²) in [5.41, 5.74) is 0.0174. The summed E-state index contributed by atoms with van der Waals surface area (Å²) in [5.74, 6) is -1.87. The largest absolute Gasteiger partial charge is 0.481 e. The zero-order valence-corrected chi connectivity index (χ0v) is 14.0. The topological polar surface area (TPSA) is 116 Å². The lowest BCUT2D eigenvalue weighted by Crippen LogP contribution is -2.35. The molecule has 0 aliphatic carbocycles. The van der Waals surface area contributed by atoms with Crippen LogP contribution in [0, 0.1) is 18.3 Å². The average Bonchev–Trinajstić information content (AvgIpc) is 2.63. The molecular formula is C12H20N2O5S2. The monoisotopic (exact) mass is 336 g/mol. The summed E-state index contributed by atoms with van der Waals surface area (Å²) in [7, 11) is -3.88. The predicted molar refractivity (Wildman–Crippen MR) is 80.1 cm³/mol. The molecule has 1 aromatic rings. The number of carboxylic acid groups (broad SMARTS) is 1. The molecule has 0 fully saturated rings. The van der Waals surface area contributed by atoms with E-state index in [4.69, 9.17) is 0 Å². The molecule has 0 aliphatic heterocycles. The number of sulfonamides is 1. The molecule has 0 aliphatic rings. The summed E-state index contributed by atoms with van der Waals surface area (Å²) in [5, 5.41) is 9.17. The molecule has 1 rings (SSSR count). The first-order chi connectivity index (χ1) is 9.42. The third-order valence-electron chi connectivity index (χ3n) is 2.75. The maximum absolute atomic E-state index is 12.1. The second kappa shape index (κ2) is 6.29. The Balaban J connectivity index is 2.87. The number of hydrogen-bond donors (Lipinski definition) is 3. The fourth-order valence-electron chi connectivity index (χ4n) is 1.91. The third-order valence-corrected chi connectivity index (χ3v) is 5.78. The highest BCUT2D eigenvalue weighted by Crippen LogP contribution is 2.25. The SMILES string of the molecule is Cc1[nH]c(=O)sc1S(=O)(=O)NCC(CC(C)(C)C)C(=O)O. The molecule has 0 radical (unpaired) electrons. The molecule has 1 atom stereocenters. The van der Waals surface area contributed by atoms with Gasteiger partial charge in [0.2, 0.25) is 0 Å². The van der Waals surface area contributed by atoms with Crippen molar-refractivity contribution in [1.29, 1.82) is 0 Å². The van der Waals surface area contributed by atoms with Gasteiger partial charge in [0.1, 0.15) is 0 Å². The number of H-pyrrole nitrogens is 1. The molecule has 0 bridgehead atoms. The molecule has 21 heavy (non-hydrogen) atoms. The van der Waals surface area contributed by atoms with Gasteiger partial charge in [0.15, 0.2) is 4.21 Å². The number of aliphatic carboxylic acids is 1. The number of carboxylic acids is 1. The Hall–Kier alpha value is -1.19. The van der Waals surface area contributed by atoms with Crippen molar-refractivity contribution < 1.29 is 18.3 Å². The highest BCUT2D eigenvalue weighted by atomic mass is 32.2. The fraction of sp³-hybridized carbons (Fsp3) is 0.667. The summed E-state index contributed by atoms with van der Waals surface area (Å²) >= 11 is 0.586. The number of aromatic amines is 1. The average molecular weight is 336 g/mol. The minimum Gasteiger partial charge on any atom is -0.481 e. The van der Waals surface area contributed by atoms with Crippen LogP contribution in [-0.2, 0) is 14.8 Å². The number of nitrogens with one attached hydrogen (secondary N) is 2. The minimum absolute atomic E-state index is 0.104. The van der Waals surface area contributed by atoms with E-state index in [0.717, 1.165) is 0 Å². The molecule has 0 aromatic carbocycles. The van der Waals surface area contributed by atoms with Gasteiger partial charge in [0.25, 0.3) is 10.0 Å². The zero-order valence-electron chi connectivity index (χ0n) is 12.4. The predicted octanol–water partition coefficient (Wildman–Crippen LogP) is 1.16. The van der Waals surface area contributed by atoms with Crippen molar-refractivity contribution in [1.82, 2.24) is 9.71 Å². The molecule has 7 nitrogen and oxygen atoms in total. The molecule has 0 saturated heterocycles. The van der Waals surface area contributed by atoms with Gasteiger partial charge in [0, 0.05) is 12.2 Å². The highest BCUT2D eigenvalue weighted by Gasteiger charge is 2.28. The Morgan fingerprint density at radius 2 is 2.00 bits per heavy atom. The molecule has 0 saturated carbocycles. The number of carbonyl (C=O) groups is 1. The van der Waals surface area contributed by atoms with Crippen LogP contribution in [-0.4, -0.2) is 31.0 Å². The first kappa shape index (κ1) is 17.9. The van der Waals surface area contributed by atoms with Crippen molar-refractivity contribution >= 4 is 27.3 Å². The Bertz CT molecular complexity index is 667. The summed E-state index contributed by atoms with van der Waals surface area (Å²) < 4.78 is 26.4. The van der Waals surface area contributed by atoms with E-state index in [9.17, 15) is 23.1 Å². The smallest absolute Gasteiger partial charge is 0.307 e. The van der Waals surface area contributed by atoms with Crippen LogP contribution >= 0.6 is 11.3 Å². The molecule has 3 N–H and O–H groups in total. The van der Waals surface area contributed by atoms with Crippen LogP contribution in [0.5, 0.6) is 0 Å². The van der Waals surface area contributed by atoms with Crippen LogP contribution in [0.1, 0.15) is 32.9 Å². The molecule has 1 aromatic heterocycles. The van der Waals surface area contributed by atoms with E-state index >= 15 is 0 Å². The third kappa shape index (κ3) is 5.25. The van der Waals surface area contributed by atoms with Gasteiger partial charge in [-0.1, -0.05) is 32.1 Å². The van der Waals surface area contributed by atoms with Crippen LogP contribution in [0.25, 0.3) is 0 Å². The maximum atomic E-state index is 12.1. The van der Waals surface area contributed by atoms with E-state index in [-0.39, 0.29) is 21.9 Å². The number of aromatic nitrogens is 1. The summed E-state index contributed by atoms with van der Waals surface area (Å²) in [6, 6.07) is 0. The molecule has 9 heteroatoms. The fourth-order valence-corrected chi connectivity index (χ4v) is 4.33. The van der Waals surface area contributed by atoms with E-state index in [1.165, 1.54) is 6.92 Å². The van der Waals surface area contributed by atoms with Crippen LogP contribution < -0.4 is 9.60 Å². The van der Waals surface area contributed by atoms with Crippen molar-refractivity contribution in [2.45, 2.75) is 38.3 Å². The Morgan fingerprint density at radius 1 is 1.43 bits per heavy atom. The van der Waals surface area contributed by atoms with Crippen molar-refractivity contribution in [3.8, 4) is 0 Å². The summed E-state index contributed by atoms with van der Waals surface area (Å²) in [4.78, 5) is 24.3. The molecule has 120 valence electrons. The van der Waals surface area contributed by atoms with Gasteiger partial charge in [-0.05, 0) is 18.8 Å². The lowest BCUT2D eigenvalue weighted by Gasteiger charge is -2.23. The summed E-state index contributed by atoms with van der Waals surface area (Å²) in [6.45, 7) is 6.94. The van der Waals surface area contributed by atoms with E-state index in [1.807, 2.05) is 20.8 Å². The Morgan fingerprint density at radius 3 is 2.38 bits per heavy atom. The van der Waals surface area contributed by atoms with E-state index < -0.39 is 26.8 Å². The quantitative estimate of drug-likeness (QED) is 0.721. The molecule has 0 amide bonds. The van der Waals surface area contributed by atoms with Crippen LogP contribution in [0.4, 0.5) is 0 Å². The van der Waals surface area contributed by atoms with Gasteiger partial charge < -0.3 is 10.1 Å². The zero-order chi connectivity index (χ0) is 16.4. The van der Waals surface area contributed by atoms with E-state index in [1.54, 1.807) is 0 Å².